The first-order valence-electron chi connectivity index (χ1n) is 14.1. The lowest BCUT2D eigenvalue weighted by molar-refractivity contribution is 0.580. The van der Waals surface area contributed by atoms with Crippen LogP contribution in [0.2, 0.25) is 0 Å². The summed E-state index contributed by atoms with van der Waals surface area (Å²) >= 11 is 5.95. The second-order valence-corrected chi connectivity index (χ2v) is 14.0. The summed E-state index contributed by atoms with van der Waals surface area (Å²) in [6.45, 7) is 0.818. The summed E-state index contributed by atoms with van der Waals surface area (Å²) in [7, 11) is -7.70. The number of nitrogens with two attached hydrogens (primary N) is 2. The third-order valence-corrected chi connectivity index (χ3v) is 10.7. The van der Waals surface area contributed by atoms with E-state index in [0.717, 1.165) is 0 Å². The average molecular weight is 669 g/mol. The van der Waals surface area contributed by atoms with Gasteiger partial charge in [-0.1, -0.05) is 36.4 Å². The van der Waals surface area contributed by atoms with Gasteiger partial charge in [0.2, 0.25) is 10.0 Å². The summed E-state index contributed by atoms with van der Waals surface area (Å²) in [6, 6.07) is 21.6. The number of nitrogens with one attached hydrogen (secondary N) is 2. The van der Waals surface area contributed by atoms with Crippen molar-refractivity contribution in [3.05, 3.63) is 91.3 Å². The summed E-state index contributed by atoms with van der Waals surface area (Å²) in [5.74, 6) is 0.860. The second-order valence-electron chi connectivity index (χ2n) is 10.1. The van der Waals surface area contributed by atoms with E-state index in [1.807, 2.05) is 6.07 Å². The van der Waals surface area contributed by atoms with Crippen molar-refractivity contribution in [1.82, 2.24) is 19.3 Å². The van der Waals surface area contributed by atoms with Crippen LogP contribution in [-0.4, -0.2) is 56.9 Å². The number of para-hydroxylation sites is 2. The Kier molecular flexibility index (Phi) is 9.77. The minimum Gasteiger partial charge on any atom is -0.398 e. The number of fused-ring (bicyclic) bond motifs is 1. The molecule has 0 aliphatic carbocycles. The summed E-state index contributed by atoms with van der Waals surface area (Å²) in [6.07, 6.45) is 4.36. The maximum Gasteiger partial charge on any atom is 0.266 e. The van der Waals surface area contributed by atoms with E-state index in [4.69, 9.17) is 28.1 Å². The van der Waals surface area contributed by atoms with Gasteiger partial charge in [0.15, 0.2) is 5.65 Å². The maximum atomic E-state index is 13.7. The highest BCUT2D eigenvalue weighted by Gasteiger charge is 2.27. The van der Waals surface area contributed by atoms with Crippen molar-refractivity contribution < 1.29 is 16.8 Å². The number of halogens is 1. The third kappa shape index (κ3) is 7.14. The van der Waals surface area contributed by atoms with Crippen LogP contribution in [0.3, 0.4) is 0 Å². The van der Waals surface area contributed by atoms with Gasteiger partial charge in [-0.2, -0.15) is 5.10 Å². The Morgan fingerprint density at radius 3 is 2.27 bits per heavy atom. The number of nitrogen functional groups attached to an aromatic ring is 2. The molecule has 0 amide bonds. The SMILES string of the molecule is Nc1ccccc1S(=O)(=O)NCCCNc1ccn2ncc(-c3cccc(N(CCCCl)S(=O)(=O)c4ccccc4N)c3)c2n1. The van der Waals surface area contributed by atoms with E-state index in [0.29, 0.717) is 47.7 Å². The summed E-state index contributed by atoms with van der Waals surface area (Å²) in [4.78, 5) is 4.79. The molecule has 0 saturated heterocycles. The molecule has 2 heterocycles. The number of hydrogen-bond acceptors (Lipinski definition) is 9. The normalized spacial score (nSPS) is 11.9. The predicted molar refractivity (Wildman–Crippen MR) is 178 cm³/mol. The fraction of sp³-hybridized carbons (Fsp3) is 0.200. The van der Waals surface area contributed by atoms with Crippen molar-refractivity contribution in [2.45, 2.75) is 22.6 Å². The minimum absolute atomic E-state index is 0.0235. The van der Waals surface area contributed by atoms with Crippen LogP contribution < -0.4 is 25.8 Å². The Labute approximate surface area is 267 Å². The molecule has 5 rings (SSSR count). The van der Waals surface area contributed by atoms with E-state index in [9.17, 15) is 16.8 Å². The molecule has 0 radical (unpaired) electrons. The van der Waals surface area contributed by atoms with Crippen molar-refractivity contribution >= 4 is 60.2 Å². The van der Waals surface area contributed by atoms with E-state index in [2.05, 4.69) is 15.1 Å². The second kappa shape index (κ2) is 13.7. The highest BCUT2D eigenvalue weighted by atomic mass is 35.5. The lowest BCUT2D eigenvalue weighted by atomic mass is 10.1. The topological polar surface area (TPSA) is 178 Å². The molecule has 0 aliphatic heterocycles. The number of sulfonamides is 2. The Morgan fingerprint density at radius 2 is 1.56 bits per heavy atom. The Hall–Kier alpha value is -4.37. The smallest absolute Gasteiger partial charge is 0.266 e. The Balaban J connectivity index is 1.33. The molecule has 45 heavy (non-hydrogen) atoms. The monoisotopic (exact) mass is 668 g/mol. The van der Waals surface area contributed by atoms with Crippen molar-refractivity contribution in [3.8, 4) is 11.1 Å². The highest BCUT2D eigenvalue weighted by molar-refractivity contribution is 7.93. The van der Waals surface area contributed by atoms with E-state index in [-0.39, 0.29) is 40.1 Å². The third-order valence-electron chi connectivity index (χ3n) is 6.96. The molecule has 0 bridgehead atoms. The lowest BCUT2D eigenvalue weighted by Crippen LogP contribution is -2.32. The molecule has 0 aliphatic rings. The number of alkyl halides is 1. The molecule has 0 fully saturated rings. The molecule has 15 heteroatoms. The molecule has 2 aromatic heterocycles. The van der Waals surface area contributed by atoms with E-state index in [1.165, 1.54) is 16.4 Å². The zero-order valence-electron chi connectivity index (χ0n) is 24.2. The number of benzene rings is 3. The van der Waals surface area contributed by atoms with Gasteiger partial charge < -0.3 is 16.8 Å². The Morgan fingerprint density at radius 1 is 0.844 bits per heavy atom. The van der Waals surface area contributed by atoms with Crippen molar-refractivity contribution in [3.63, 3.8) is 0 Å². The Bertz CT molecular complexity index is 2020. The van der Waals surface area contributed by atoms with Gasteiger partial charge in [0.1, 0.15) is 15.6 Å². The van der Waals surface area contributed by atoms with Gasteiger partial charge in [-0.3, -0.25) is 4.31 Å². The van der Waals surface area contributed by atoms with Crippen LogP contribution in [0.5, 0.6) is 0 Å². The molecule has 0 atom stereocenters. The molecular formula is C30H33ClN8O4S2. The predicted octanol–water partition coefficient (Wildman–Crippen LogP) is 4.17. The van der Waals surface area contributed by atoms with Crippen LogP contribution in [0.4, 0.5) is 22.9 Å². The molecule has 5 aromatic rings. The molecule has 236 valence electrons. The van der Waals surface area contributed by atoms with E-state index >= 15 is 0 Å². The van der Waals surface area contributed by atoms with Gasteiger partial charge in [-0.15, -0.1) is 11.6 Å². The first-order chi connectivity index (χ1) is 21.6. The largest absolute Gasteiger partial charge is 0.398 e. The molecule has 12 nitrogen and oxygen atoms in total. The molecule has 0 saturated carbocycles. The van der Waals surface area contributed by atoms with Crippen LogP contribution in [0.25, 0.3) is 16.8 Å². The first-order valence-corrected chi connectivity index (χ1v) is 17.5. The van der Waals surface area contributed by atoms with Crippen LogP contribution in [0.15, 0.2) is 101 Å². The van der Waals surface area contributed by atoms with Gasteiger partial charge in [-0.05, 0) is 60.9 Å². The van der Waals surface area contributed by atoms with Crippen LogP contribution in [0, 0.1) is 0 Å². The molecular weight excluding hydrogens is 636 g/mol. The van der Waals surface area contributed by atoms with Gasteiger partial charge in [0, 0.05) is 37.3 Å². The number of rotatable bonds is 14. The van der Waals surface area contributed by atoms with Crippen molar-refractivity contribution in [1.29, 1.82) is 0 Å². The summed E-state index contributed by atoms with van der Waals surface area (Å²) < 4.78 is 58.1. The molecule has 3 aromatic carbocycles. The van der Waals surface area contributed by atoms with Crippen molar-refractivity contribution in [2.75, 3.05) is 46.6 Å². The fourth-order valence-corrected chi connectivity index (χ4v) is 7.68. The maximum absolute atomic E-state index is 13.7. The average Bonchev–Trinajstić information content (AvgIpc) is 3.45. The quantitative estimate of drug-likeness (QED) is 0.0768. The van der Waals surface area contributed by atoms with E-state index in [1.54, 1.807) is 77.6 Å². The molecule has 0 spiro atoms. The zero-order chi connectivity index (χ0) is 32.0. The van der Waals surface area contributed by atoms with Gasteiger partial charge in [0.25, 0.3) is 10.0 Å². The van der Waals surface area contributed by atoms with Crippen LogP contribution >= 0.6 is 11.6 Å². The molecule has 0 unspecified atom stereocenters. The summed E-state index contributed by atoms with van der Waals surface area (Å²) in [5, 5.41) is 7.63. The highest BCUT2D eigenvalue weighted by Crippen LogP contribution is 2.32. The number of aromatic nitrogens is 3. The number of anilines is 4. The van der Waals surface area contributed by atoms with Crippen LogP contribution in [0.1, 0.15) is 12.8 Å². The number of nitrogens with zero attached hydrogens (tertiary/aromatic N) is 4. The molecule has 6 N–H and O–H groups in total. The minimum atomic E-state index is -3.98. The first kappa shape index (κ1) is 32.0. The summed E-state index contributed by atoms with van der Waals surface area (Å²) in [5.41, 5.74) is 14.6. The number of hydrogen-bond donors (Lipinski definition) is 4. The van der Waals surface area contributed by atoms with Gasteiger partial charge >= 0.3 is 0 Å². The zero-order valence-corrected chi connectivity index (χ0v) is 26.6. The van der Waals surface area contributed by atoms with Crippen molar-refractivity contribution in [2.24, 2.45) is 0 Å². The van der Waals surface area contributed by atoms with Crippen LogP contribution in [-0.2, 0) is 20.0 Å². The lowest BCUT2D eigenvalue weighted by Gasteiger charge is -2.25. The van der Waals surface area contributed by atoms with Gasteiger partial charge in [-0.25, -0.2) is 31.1 Å². The van der Waals surface area contributed by atoms with Gasteiger partial charge in [0.05, 0.1) is 23.3 Å². The van der Waals surface area contributed by atoms with E-state index < -0.39 is 20.0 Å². The fourth-order valence-electron chi connectivity index (χ4n) is 4.74. The standard InChI is InChI=1S/C30H33ClN8O4S2/c31-15-6-18-39(45(42,43)28-13-4-2-11-26(28)33)23-9-5-8-22(20-23)24-21-35-38-19-14-29(37-30(24)38)34-16-7-17-36-44(40,41)27-12-3-1-10-25(27)32/h1-5,8-14,19-21,36H,6-7,15-18,32-33H2,(H,34,37).